The third-order valence-electron chi connectivity index (χ3n) is 2.83. The number of hydrogen-bond donors (Lipinski definition) is 1. The van der Waals surface area contributed by atoms with Gasteiger partial charge in [0.15, 0.2) is 0 Å². The van der Waals surface area contributed by atoms with Gasteiger partial charge in [0, 0.05) is 11.7 Å². The van der Waals surface area contributed by atoms with Crippen molar-refractivity contribution in [1.82, 2.24) is 0 Å². The lowest BCUT2D eigenvalue weighted by atomic mass is 9.82. The topological polar surface area (TPSA) is 35.8 Å². The number of halogens is 1. The molecule has 78 valence electrons. The lowest BCUT2D eigenvalue weighted by Crippen LogP contribution is -2.33. The average molecular weight is 204 g/mol. The highest BCUT2D eigenvalue weighted by atomic mass is 19.1. The normalized spacial score (nSPS) is 24.1. The predicted molar refractivity (Wildman–Crippen MR) is 56.9 cm³/mol. The molecule has 0 heterocycles. The van der Waals surface area contributed by atoms with Crippen molar-refractivity contribution in [3.63, 3.8) is 0 Å². The predicted octanol–water partition coefficient (Wildman–Crippen LogP) is 2.91. The van der Waals surface area contributed by atoms with Crippen LogP contribution >= 0.6 is 0 Å². The Balaban J connectivity index is 2.06. The number of benzene rings is 1. The van der Waals surface area contributed by atoms with Gasteiger partial charge in [-0.1, -0.05) is 6.92 Å². The van der Waals surface area contributed by atoms with Gasteiger partial charge in [-0.2, -0.15) is 5.26 Å². The molecule has 1 aromatic carbocycles. The molecule has 2 rings (SSSR count). The summed E-state index contributed by atoms with van der Waals surface area (Å²) in [4.78, 5) is 0. The van der Waals surface area contributed by atoms with Crippen LogP contribution in [0, 0.1) is 23.1 Å². The lowest BCUT2D eigenvalue weighted by Gasteiger charge is -2.34. The quantitative estimate of drug-likeness (QED) is 0.804. The van der Waals surface area contributed by atoms with E-state index in [2.05, 4.69) is 12.2 Å². The van der Waals surface area contributed by atoms with Crippen LogP contribution in [0.15, 0.2) is 18.2 Å². The van der Waals surface area contributed by atoms with E-state index in [-0.39, 0.29) is 5.56 Å². The highest BCUT2D eigenvalue weighted by molar-refractivity contribution is 5.50. The molecular formula is C12H13FN2. The molecule has 15 heavy (non-hydrogen) atoms. The van der Waals surface area contributed by atoms with E-state index in [0.29, 0.717) is 6.04 Å². The fourth-order valence-electron chi connectivity index (χ4n) is 1.96. The Hall–Kier alpha value is -1.56. The maximum Gasteiger partial charge on any atom is 0.141 e. The molecule has 1 saturated carbocycles. The van der Waals surface area contributed by atoms with Crippen LogP contribution < -0.4 is 5.32 Å². The van der Waals surface area contributed by atoms with Crippen molar-refractivity contribution in [1.29, 1.82) is 5.26 Å². The molecular weight excluding hydrogens is 191 g/mol. The van der Waals surface area contributed by atoms with Crippen LogP contribution in [0.1, 0.15) is 25.3 Å². The van der Waals surface area contributed by atoms with Crippen molar-refractivity contribution in [3.8, 4) is 6.07 Å². The van der Waals surface area contributed by atoms with Crippen molar-refractivity contribution in [2.45, 2.75) is 25.8 Å². The molecule has 0 radical (unpaired) electrons. The van der Waals surface area contributed by atoms with E-state index in [1.165, 1.54) is 6.07 Å². The summed E-state index contributed by atoms with van der Waals surface area (Å²) in [5, 5.41) is 12.0. The summed E-state index contributed by atoms with van der Waals surface area (Å²) >= 11 is 0. The van der Waals surface area contributed by atoms with Gasteiger partial charge in [0.1, 0.15) is 11.9 Å². The molecule has 0 amide bonds. The van der Waals surface area contributed by atoms with E-state index in [1.807, 2.05) is 6.07 Å². The van der Waals surface area contributed by atoms with E-state index in [0.717, 1.165) is 24.4 Å². The van der Waals surface area contributed by atoms with Crippen LogP contribution in [-0.4, -0.2) is 6.04 Å². The van der Waals surface area contributed by atoms with Crippen LogP contribution in [0.5, 0.6) is 0 Å². The minimum Gasteiger partial charge on any atom is -0.382 e. The van der Waals surface area contributed by atoms with Gasteiger partial charge < -0.3 is 5.32 Å². The molecule has 0 aliphatic heterocycles. The van der Waals surface area contributed by atoms with E-state index in [4.69, 9.17) is 5.26 Å². The number of rotatable bonds is 2. The summed E-state index contributed by atoms with van der Waals surface area (Å²) in [6, 6.07) is 6.91. The van der Waals surface area contributed by atoms with E-state index in [1.54, 1.807) is 12.1 Å². The number of nitriles is 1. The fraction of sp³-hybridized carbons (Fsp3) is 0.417. The molecule has 1 fully saturated rings. The van der Waals surface area contributed by atoms with E-state index in [9.17, 15) is 4.39 Å². The minimum absolute atomic E-state index is 0.104. The maximum absolute atomic E-state index is 13.0. The molecule has 1 aliphatic carbocycles. The molecule has 0 aromatic heterocycles. The Kier molecular flexibility index (Phi) is 2.59. The molecule has 1 aromatic rings. The summed E-state index contributed by atoms with van der Waals surface area (Å²) in [6.45, 7) is 2.21. The van der Waals surface area contributed by atoms with Crippen LogP contribution in [0.25, 0.3) is 0 Å². The number of anilines is 1. The first-order chi connectivity index (χ1) is 7.19. The minimum atomic E-state index is -0.454. The van der Waals surface area contributed by atoms with Gasteiger partial charge in [-0.3, -0.25) is 0 Å². The smallest absolute Gasteiger partial charge is 0.141 e. The van der Waals surface area contributed by atoms with Crippen molar-refractivity contribution in [2.75, 3.05) is 5.32 Å². The summed E-state index contributed by atoms with van der Waals surface area (Å²) in [7, 11) is 0. The summed E-state index contributed by atoms with van der Waals surface area (Å²) < 4.78 is 13.0. The number of nitrogens with one attached hydrogen (secondary N) is 1. The van der Waals surface area contributed by atoms with E-state index >= 15 is 0 Å². The lowest BCUT2D eigenvalue weighted by molar-refractivity contribution is 0.309. The van der Waals surface area contributed by atoms with Crippen molar-refractivity contribution < 1.29 is 4.39 Å². The average Bonchev–Trinajstić information content (AvgIpc) is 2.18. The molecule has 0 unspecified atom stereocenters. The van der Waals surface area contributed by atoms with Gasteiger partial charge in [-0.05, 0) is 37.0 Å². The van der Waals surface area contributed by atoms with Crippen molar-refractivity contribution in [3.05, 3.63) is 29.6 Å². The van der Waals surface area contributed by atoms with Gasteiger partial charge in [0.2, 0.25) is 0 Å². The maximum atomic E-state index is 13.0. The monoisotopic (exact) mass is 204 g/mol. The summed E-state index contributed by atoms with van der Waals surface area (Å²) in [5.41, 5.74) is 0.942. The molecule has 0 spiro atoms. The second-order valence-electron chi connectivity index (χ2n) is 4.22. The van der Waals surface area contributed by atoms with Gasteiger partial charge >= 0.3 is 0 Å². The Morgan fingerprint density at radius 1 is 1.47 bits per heavy atom. The zero-order valence-electron chi connectivity index (χ0n) is 8.63. The van der Waals surface area contributed by atoms with Crippen LogP contribution in [0.2, 0.25) is 0 Å². The van der Waals surface area contributed by atoms with Gasteiger partial charge in [0.05, 0.1) is 5.56 Å². The Labute approximate surface area is 88.7 Å². The zero-order chi connectivity index (χ0) is 10.8. The summed E-state index contributed by atoms with van der Waals surface area (Å²) in [5.74, 6) is 0.323. The Bertz CT molecular complexity index is 403. The number of hydrogen-bond acceptors (Lipinski definition) is 2. The number of nitrogens with zero attached hydrogens (tertiary/aromatic N) is 1. The fourth-order valence-corrected chi connectivity index (χ4v) is 1.96. The highest BCUT2D eigenvalue weighted by Gasteiger charge is 2.24. The van der Waals surface area contributed by atoms with Gasteiger partial charge in [0.25, 0.3) is 0 Å². The molecule has 1 aliphatic rings. The largest absolute Gasteiger partial charge is 0.382 e. The molecule has 0 atom stereocenters. The Morgan fingerprint density at radius 2 is 2.20 bits per heavy atom. The molecule has 1 N–H and O–H groups in total. The molecule has 0 bridgehead atoms. The zero-order valence-corrected chi connectivity index (χ0v) is 8.63. The van der Waals surface area contributed by atoms with Crippen LogP contribution in [0.3, 0.4) is 0 Å². The SMILES string of the molecule is CC1CC(Nc2ccc(F)c(C#N)c2)C1. The molecule has 2 nitrogen and oxygen atoms in total. The summed E-state index contributed by atoms with van der Waals surface area (Å²) in [6.07, 6.45) is 2.30. The third-order valence-corrected chi connectivity index (χ3v) is 2.83. The van der Waals surface area contributed by atoms with Crippen LogP contribution in [-0.2, 0) is 0 Å². The third kappa shape index (κ3) is 2.10. The first-order valence-corrected chi connectivity index (χ1v) is 5.15. The molecule has 0 saturated heterocycles. The second-order valence-corrected chi connectivity index (χ2v) is 4.22. The Morgan fingerprint density at radius 3 is 2.80 bits per heavy atom. The van der Waals surface area contributed by atoms with E-state index < -0.39 is 5.82 Å². The van der Waals surface area contributed by atoms with Gasteiger partial charge in [-0.15, -0.1) is 0 Å². The standard InChI is InChI=1S/C12H13FN2/c1-8-4-11(5-8)15-10-2-3-12(13)9(6-10)7-14/h2-3,6,8,11,15H,4-5H2,1H3. The van der Waals surface area contributed by atoms with Crippen molar-refractivity contribution in [2.24, 2.45) is 5.92 Å². The molecule has 3 heteroatoms. The van der Waals surface area contributed by atoms with Gasteiger partial charge in [-0.25, -0.2) is 4.39 Å². The first kappa shape index (κ1) is 9.97. The van der Waals surface area contributed by atoms with Crippen LogP contribution in [0.4, 0.5) is 10.1 Å². The highest BCUT2D eigenvalue weighted by Crippen LogP contribution is 2.29. The second kappa shape index (κ2) is 3.90. The van der Waals surface area contributed by atoms with Crippen molar-refractivity contribution >= 4 is 5.69 Å². The first-order valence-electron chi connectivity index (χ1n) is 5.15.